The van der Waals surface area contributed by atoms with E-state index >= 15 is 0 Å². The SMILES string of the molecule is C#CC(=O)[O][Ti][C]1=C(C)C(C)=C(C)C1(C)C.Cl.Cl. The van der Waals surface area contributed by atoms with Crippen molar-refractivity contribution in [3.63, 3.8) is 0 Å². The summed E-state index contributed by atoms with van der Waals surface area (Å²) in [6.07, 6.45) is 4.98. The molecule has 0 heterocycles. The molecule has 1 aliphatic rings. The van der Waals surface area contributed by atoms with Gasteiger partial charge in [0.05, 0.1) is 0 Å². The van der Waals surface area contributed by atoms with E-state index in [9.17, 15) is 4.79 Å². The monoisotopic (exact) mass is 324 g/mol. The van der Waals surface area contributed by atoms with Gasteiger partial charge in [0, 0.05) is 0 Å². The first-order valence-electron chi connectivity index (χ1n) is 5.15. The summed E-state index contributed by atoms with van der Waals surface area (Å²) in [6, 6.07) is 0. The first-order valence-corrected chi connectivity index (χ1v) is 6.57. The van der Waals surface area contributed by atoms with Gasteiger partial charge in [-0.05, 0) is 0 Å². The van der Waals surface area contributed by atoms with Gasteiger partial charge in [-0.15, -0.1) is 24.8 Å². The quantitative estimate of drug-likeness (QED) is 0.572. The first kappa shape index (κ1) is 20.1. The van der Waals surface area contributed by atoms with Crippen LogP contribution in [-0.2, 0) is 27.7 Å². The molecule has 0 unspecified atom stereocenters. The van der Waals surface area contributed by atoms with Gasteiger partial charge in [0.25, 0.3) is 0 Å². The van der Waals surface area contributed by atoms with E-state index in [1.54, 1.807) is 0 Å². The number of rotatable bonds is 2. The molecule has 0 amide bonds. The van der Waals surface area contributed by atoms with Gasteiger partial charge in [-0.25, -0.2) is 0 Å². The molecule has 0 bridgehead atoms. The molecule has 2 nitrogen and oxygen atoms in total. The largest absolute Gasteiger partial charge is 0.147 e. The molecule has 5 heteroatoms. The van der Waals surface area contributed by atoms with Gasteiger partial charge < -0.3 is 0 Å². The summed E-state index contributed by atoms with van der Waals surface area (Å²) in [5.74, 6) is 1.44. The van der Waals surface area contributed by atoms with E-state index in [0.29, 0.717) is 0 Å². The van der Waals surface area contributed by atoms with Gasteiger partial charge in [-0.1, -0.05) is 0 Å². The summed E-state index contributed by atoms with van der Waals surface area (Å²) in [5.41, 5.74) is 3.97. The third-order valence-electron chi connectivity index (χ3n) is 3.43. The molecule has 0 atom stereocenters. The van der Waals surface area contributed by atoms with Crippen LogP contribution in [0.2, 0.25) is 0 Å². The van der Waals surface area contributed by atoms with Crippen LogP contribution in [0, 0.1) is 17.8 Å². The molecule has 1 rings (SSSR count). The predicted octanol–water partition coefficient (Wildman–Crippen LogP) is 3.65. The molecule has 0 radical (unpaired) electrons. The predicted molar refractivity (Wildman–Crippen MR) is 74.3 cm³/mol. The smallest absolute Gasteiger partial charge is 0.147 e. The zero-order valence-corrected chi connectivity index (χ0v) is 14.4. The summed E-state index contributed by atoms with van der Waals surface area (Å²) < 4.78 is 6.41. The molecular formula is C13H18Cl2O2Ti. The molecule has 1 aliphatic carbocycles. The fourth-order valence-corrected chi connectivity index (χ4v) is 3.54. The Morgan fingerprint density at radius 1 is 1.22 bits per heavy atom. The molecule has 0 saturated heterocycles. The van der Waals surface area contributed by atoms with Crippen LogP contribution in [0.15, 0.2) is 20.6 Å². The van der Waals surface area contributed by atoms with Crippen LogP contribution in [-0.4, -0.2) is 5.97 Å². The van der Waals surface area contributed by atoms with Crippen molar-refractivity contribution < 1.29 is 27.7 Å². The molecule has 0 spiro atoms. The minimum Gasteiger partial charge on any atom is -0.147 e. The second kappa shape index (κ2) is 7.41. The van der Waals surface area contributed by atoms with Crippen molar-refractivity contribution in [3.05, 3.63) is 20.6 Å². The normalized spacial score (nSPS) is 16.4. The van der Waals surface area contributed by atoms with Gasteiger partial charge in [0.2, 0.25) is 0 Å². The number of halogens is 2. The second-order valence-electron chi connectivity index (χ2n) is 4.51. The van der Waals surface area contributed by atoms with E-state index in [2.05, 4.69) is 34.6 Å². The number of terminal acetylenes is 1. The van der Waals surface area contributed by atoms with Crippen LogP contribution in [0.4, 0.5) is 0 Å². The first-order chi connectivity index (χ1) is 7.32. The molecule has 0 aliphatic heterocycles. The van der Waals surface area contributed by atoms with E-state index in [0.717, 1.165) is 0 Å². The van der Waals surface area contributed by atoms with E-state index in [-0.39, 0.29) is 30.2 Å². The van der Waals surface area contributed by atoms with Gasteiger partial charge in [0.1, 0.15) is 0 Å². The molecule has 0 aromatic carbocycles. The Kier molecular flexibility index (Phi) is 8.28. The topological polar surface area (TPSA) is 26.3 Å². The Labute approximate surface area is 131 Å². The second-order valence-corrected chi connectivity index (χ2v) is 5.93. The minimum absolute atomic E-state index is 0. The molecule has 0 saturated carbocycles. The Bertz CT molecular complexity index is 442. The average molecular weight is 325 g/mol. The Morgan fingerprint density at radius 2 is 1.72 bits per heavy atom. The number of carbonyl (C=O) groups is 1. The van der Waals surface area contributed by atoms with Crippen LogP contribution >= 0.6 is 24.8 Å². The van der Waals surface area contributed by atoms with E-state index < -0.39 is 25.5 Å². The molecule has 100 valence electrons. The van der Waals surface area contributed by atoms with Gasteiger partial charge in [0.15, 0.2) is 0 Å². The van der Waals surface area contributed by atoms with Crippen molar-refractivity contribution in [2.45, 2.75) is 34.6 Å². The van der Waals surface area contributed by atoms with Gasteiger partial charge >= 0.3 is 107 Å². The fraction of sp³-hybridized carbons (Fsp3) is 0.462. The number of hydrogen-bond donors (Lipinski definition) is 0. The van der Waals surface area contributed by atoms with Crippen molar-refractivity contribution in [2.24, 2.45) is 5.41 Å². The summed E-state index contributed by atoms with van der Waals surface area (Å²) in [6.45, 7) is 10.7. The summed E-state index contributed by atoms with van der Waals surface area (Å²) in [4.78, 5) is 11.0. The van der Waals surface area contributed by atoms with E-state index in [1.165, 1.54) is 20.6 Å². The zero-order valence-electron chi connectivity index (χ0n) is 11.2. The number of allylic oxidation sites excluding steroid dienone is 4. The van der Waals surface area contributed by atoms with E-state index in [1.807, 2.05) is 5.92 Å². The maximum Gasteiger partial charge on any atom is -0.147 e. The van der Waals surface area contributed by atoms with E-state index in [4.69, 9.17) is 9.74 Å². The van der Waals surface area contributed by atoms with Crippen LogP contribution in [0.3, 0.4) is 0 Å². The summed E-state index contributed by atoms with van der Waals surface area (Å²) in [5, 5.41) is 0. The van der Waals surface area contributed by atoms with Crippen molar-refractivity contribution in [3.8, 4) is 12.3 Å². The molecule has 0 aromatic heterocycles. The molecular weight excluding hydrogens is 307 g/mol. The van der Waals surface area contributed by atoms with Crippen molar-refractivity contribution in [1.82, 2.24) is 0 Å². The third-order valence-corrected chi connectivity index (χ3v) is 5.76. The van der Waals surface area contributed by atoms with Crippen molar-refractivity contribution in [1.29, 1.82) is 0 Å². The maximum atomic E-state index is 11.0. The molecule has 0 aromatic rings. The fourth-order valence-electron chi connectivity index (χ4n) is 1.92. The van der Waals surface area contributed by atoms with Crippen molar-refractivity contribution in [2.75, 3.05) is 0 Å². The standard InChI is InChI=1S/C10H15.C3H2O2.2ClH.Ti/c1-7-6-10(4,5)9(3)8(7)2;1-2-3(4)5;;;/h1-5H3;1H,(H,4,5);2*1H;/q;;;;+1/p-1. The number of hydrogen-bond acceptors (Lipinski definition) is 2. The maximum absolute atomic E-state index is 11.0. The van der Waals surface area contributed by atoms with Gasteiger partial charge in [-0.3, -0.25) is 0 Å². The third kappa shape index (κ3) is 3.65. The van der Waals surface area contributed by atoms with Crippen LogP contribution in [0.25, 0.3) is 0 Å². The Hall–Kier alpha value is -0.196. The molecule has 18 heavy (non-hydrogen) atoms. The van der Waals surface area contributed by atoms with Crippen molar-refractivity contribution >= 4 is 30.8 Å². The molecule has 0 N–H and O–H groups in total. The molecule has 0 fully saturated rings. The Morgan fingerprint density at radius 3 is 2.06 bits per heavy atom. The Balaban J connectivity index is 0. The van der Waals surface area contributed by atoms with Crippen LogP contribution in [0.1, 0.15) is 34.6 Å². The summed E-state index contributed by atoms with van der Waals surface area (Å²) >= 11 is -0.907. The van der Waals surface area contributed by atoms with Crippen LogP contribution in [0.5, 0.6) is 0 Å². The average Bonchev–Trinajstić information content (AvgIpc) is 2.38. The minimum atomic E-state index is -0.907. The van der Waals surface area contributed by atoms with Crippen LogP contribution < -0.4 is 0 Å². The number of carbonyl (C=O) groups excluding carboxylic acids is 1. The summed E-state index contributed by atoms with van der Waals surface area (Å²) in [7, 11) is 0. The van der Waals surface area contributed by atoms with Gasteiger partial charge in [-0.2, -0.15) is 0 Å². The zero-order chi connectivity index (χ0) is 12.5.